The second-order valence-corrected chi connectivity index (χ2v) is 2.58. The van der Waals surface area contributed by atoms with E-state index >= 15 is 0 Å². The van der Waals surface area contributed by atoms with Crippen molar-refractivity contribution in [3.8, 4) is 6.07 Å². The summed E-state index contributed by atoms with van der Waals surface area (Å²) in [5, 5.41) is 8.34. The quantitative estimate of drug-likeness (QED) is 0.761. The number of alkyl halides is 2. The van der Waals surface area contributed by atoms with E-state index < -0.39 is 12.1 Å². The molecule has 68 valence electrons. The van der Waals surface area contributed by atoms with Gasteiger partial charge in [0.05, 0.1) is 16.9 Å². The maximum Gasteiger partial charge on any atom is 0.281 e. The fourth-order valence-electron chi connectivity index (χ4n) is 0.789. The molecule has 0 radical (unpaired) electrons. The normalized spacial score (nSPS) is 10.1. The van der Waals surface area contributed by atoms with E-state index in [1.165, 1.54) is 6.07 Å². The standard InChI is InChI=1S/C7H4ClF2N3/c8-5-3(1-11)6(7(9)10)13-2-4(5)12/h2,7H,12H2. The Hall–Kier alpha value is -1.41. The van der Waals surface area contributed by atoms with E-state index in [1.54, 1.807) is 0 Å². The van der Waals surface area contributed by atoms with Crippen molar-refractivity contribution in [1.82, 2.24) is 4.98 Å². The predicted octanol–water partition coefficient (Wildman–Crippen LogP) is 2.13. The maximum absolute atomic E-state index is 12.2. The average molecular weight is 204 g/mol. The highest BCUT2D eigenvalue weighted by Crippen LogP contribution is 2.29. The zero-order chi connectivity index (χ0) is 10.0. The summed E-state index contributed by atoms with van der Waals surface area (Å²) in [7, 11) is 0. The SMILES string of the molecule is N#Cc1c(C(F)F)ncc(N)c1Cl. The molecular weight excluding hydrogens is 200 g/mol. The van der Waals surface area contributed by atoms with E-state index in [4.69, 9.17) is 22.6 Å². The molecule has 2 N–H and O–H groups in total. The molecule has 13 heavy (non-hydrogen) atoms. The van der Waals surface area contributed by atoms with E-state index in [2.05, 4.69) is 4.98 Å². The average Bonchev–Trinajstić information content (AvgIpc) is 2.09. The van der Waals surface area contributed by atoms with Crippen LogP contribution in [0.15, 0.2) is 6.20 Å². The molecule has 0 bridgehead atoms. The molecule has 0 saturated heterocycles. The third-order valence-corrected chi connectivity index (χ3v) is 1.80. The molecule has 0 aliphatic carbocycles. The number of hydrogen-bond acceptors (Lipinski definition) is 3. The van der Waals surface area contributed by atoms with Gasteiger partial charge in [-0.25, -0.2) is 8.78 Å². The van der Waals surface area contributed by atoms with E-state index in [-0.39, 0.29) is 16.3 Å². The van der Waals surface area contributed by atoms with Crippen LogP contribution >= 0.6 is 11.6 Å². The molecule has 0 amide bonds. The Balaban J connectivity index is 3.41. The van der Waals surface area contributed by atoms with E-state index in [0.29, 0.717) is 0 Å². The van der Waals surface area contributed by atoms with Gasteiger partial charge >= 0.3 is 0 Å². The number of hydrogen-bond donors (Lipinski definition) is 1. The van der Waals surface area contributed by atoms with Crippen LogP contribution in [0.2, 0.25) is 5.02 Å². The first kappa shape index (κ1) is 9.68. The smallest absolute Gasteiger partial charge is 0.281 e. The Labute approximate surface area is 77.7 Å². The van der Waals surface area contributed by atoms with Crippen molar-refractivity contribution >= 4 is 17.3 Å². The van der Waals surface area contributed by atoms with Crippen LogP contribution in [0.5, 0.6) is 0 Å². The monoisotopic (exact) mass is 203 g/mol. The fraction of sp³-hybridized carbons (Fsp3) is 0.143. The summed E-state index contributed by atoms with van der Waals surface area (Å²) in [5.41, 5.74) is 4.29. The summed E-state index contributed by atoms with van der Waals surface area (Å²) < 4.78 is 24.4. The Morgan fingerprint density at radius 2 is 2.23 bits per heavy atom. The van der Waals surface area contributed by atoms with Crippen LogP contribution in [-0.4, -0.2) is 4.98 Å². The number of pyridine rings is 1. The van der Waals surface area contributed by atoms with E-state index in [1.807, 2.05) is 0 Å². The number of nitrogens with two attached hydrogens (primary N) is 1. The summed E-state index contributed by atoms with van der Waals surface area (Å²) in [6.45, 7) is 0. The number of nitriles is 1. The van der Waals surface area contributed by atoms with Crippen LogP contribution < -0.4 is 5.73 Å². The minimum Gasteiger partial charge on any atom is -0.396 e. The second-order valence-electron chi connectivity index (χ2n) is 2.20. The zero-order valence-electron chi connectivity index (χ0n) is 6.26. The highest BCUT2D eigenvalue weighted by molar-refractivity contribution is 6.34. The molecule has 1 aromatic rings. The third-order valence-electron chi connectivity index (χ3n) is 1.39. The maximum atomic E-state index is 12.2. The van der Waals surface area contributed by atoms with Gasteiger partial charge in [0.25, 0.3) is 6.43 Å². The van der Waals surface area contributed by atoms with Crippen molar-refractivity contribution in [3.05, 3.63) is 22.5 Å². The van der Waals surface area contributed by atoms with Crippen LogP contribution in [0.25, 0.3) is 0 Å². The molecule has 0 aliphatic heterocycles. The topological polar surface area (TPSA) is 62.7 Å². The molecule has 0 saturated carbocycles. The minimum absolute atomic E-state index is 0.0163. The van der Waals surface area contributed by atoms with Gasteiger partial charge in [0, 0.05) is 0 Å². The highest BCUT2D eigenvalue weighted by Gasteiger charge is 2.18. The minimum atomic E-state index is -2.83. The second kappa shape index (κ2) is 3.54. The van der Waals surface area contributed by atoms with Crippen molar-refractivity contribution in [2.45, 2.75) is 6.43 Å². The summed E-state index contributed by atoms with van der Waals surface area (Å²) >= 11 is 5.52. The summed E-state index contributed by atoms with van der Waals surface area (Å²) in [6.07, 6.45) is -1.82. The van der Waals surface area contributed by atoms with Gasteiger partial charge in [0.1, 0.15) is 17.3 Å². The van der Waals surface area contributed by atoms with E-state index in [0.717, 1.165) is 6.20 Å². The molecule has 1 aromatic heterocycles. The molecule has 0 unspecified atom stereocenters. The Bertz CT molecular complexity index is 373. The summed E-state index contributed by atoms with van der Waals surface area (Å²) in [4.78, 5) is 3.33. The first-order chi connectivity index (χ1) is 6.07. The van der Waals surface area contributed by atoms with Crippen LogP contribution in [0.4, 0.5) is 14.5 Å². The molecule has 1 heterocycles. The number of aromatic nitrogens is 1. The molecule has 3 nitrogen and oxygen atoms in total. The summed E-state index contributed by atoms with van der Waals surface area (Å²) in [6, 6.07) is 1.53. The van der Waals surface area contributed by atoms with Gasteiger partial charge in [-0.1, -0.05) is 11.6 Å². The van der Waals surface area contributed by atoms with Gasteiger partial charge in [-0.3, -0.25) is 4.98 Å². The Morgan fingerprint density at radius 1 is 1.62 bits per heavy atom. The fourth-order valence-corrected chi connectivity index (χ4v) is 0.977. The van der Waals surface area contributed by atoms with Crippen LogP contribution in [0.1, 0.15) is 17.7 Å². The molecule has 0 atom stereocenters. The summed E-state index contributed by atoms with van der Waals surface area (Å²) in [5.74, 6) is 0. The van der Waals surface area contributed by atoms with Crippen LogP contribution in [0, 0.1) is 11.3 Å². The Morgan fingerprint density at radius 3 is 2.69 bits per heavy atom. The van der Waals surface area contributed by atoms with Gasteiger partial charge in [-0.15, -0.1) is 0 Å². The van der Waals surface area contributed by atoms with Crippen LogP contribution in [-0.2, 0) is 0 Å². The van der Waals surface area contributed by atoms with Crippen molar-refractivity contribution in [2.24, 2.45) is 0 Å². The molecule has 1 rings (SSSR count). The molecule has 0 fully saturated rings. The van der Waals surface area contributed by atoms with Crippen molar-refractivity contribution < 1.29 is 8.78 Å². The number of nitrogen functional groups attached to an aromatic ring is 1. The molecule has 0 aromatic carbocycles. The predicted molar refractivity (Wildman–Crippen MR) is 43.3 cm³/mol. The number of rotatable bonds is 1. The number of anilines is 1. The highest BCUT2D eigenvalue weighted by atomic mass is 35.5. The van der Waals surface area contributed by atoms with Gasteiger partial charge in [0.2, 0.25) is 0 Å². The lowest BCUT2D eigenvalue weighted by atomic mass is 10.2. The molecule has 6 heteroatoms. The lowest BCUT2D eigenvalue weighted by molar-refractivity contribution is 0.146. The van der Waals surface area contributed by atoms with Gasteiger partial charge in [-0.05, 0) is 0 Å². The first-order valence-corrected chi connectivity index (χ1v) is 3.57. The number of nitrogens with zero attached hydrogens (tertiary/aromatic N) is 2. The van der Waals surface area contributed by atoms with Crippen LogP contribution in [0.3, 0.4) is 0 Å². The van der Waals surface area contributed by atoms with E-state index in [9.17, 15) is 8.78 Å². The Kier molecular flexibility index (Phi) is 2.63. The third kappa shape index (κ3) is 1.68. The van der Waals surface area contributed by atoms with Crippen molar-refractivity contribution in [1.29, 1.82) is 5.26 Å². The molecule has 0 aliphatic rings. The zero-order valence-corrected chi connectivity index (χ0v) is 7.02. The molecular formula is C7H4ClF2N3. The van der Waals surface area contributed by atoms with Gasteiger partial charge in [-0.2, -0.15) is 5.26 Å². The van der Waals surface area contributed by atoms with Crippen molar-refractivity contribution in [2.75, 3.05) is 5.73 Å². The molecule has 0 spiro atoms. The lowest BCUT2D eigenvalue weighted by Crippen LogP contribution is -1.99. The van der Waals surface area contributed by atoms with Gasteiger partial charge in [0.15, 0.2) is 0 Å². The lowest BCUT2D eigenvalue weighted by Gasteiger charge is -2.04. The van der Waals surface area contributed by atoms with Gasteiger partial charge < -0.3 is 5.73 Å². The van der Waals surface area contributed by atoms with Crippen molar-refractivity contribution in [3.63, 3.8) is 0 Å². The largest absolute Gasteiger partial charge is 0.396 e. The number of halogens is 3. The first-order valence-electron chi connectivity index (χ1n) is 3.20.